The van der Waals surface area contributed by atoms with Crippen LogP contribution in [0.25, 0.3) is 0 Å². The molecule has 1 aliphatic carbocycles. The second-order valence-corrected chi connectivity index (χ2v) is 5.73. The molecule has 1 heterocycles. The average Bonchev–Trinajstić information content (AvgIpc) is 2.98. The minimum Gasteiger partial charge on any atom is -0.339 e. The van der Waals surface area contributed by atoms with Gasteiger partial charge in [0.25, 0.3) is 0 Å². The van der Waals surface area contributed by atoms with E-state index in [0.29, 0.717) is 18.3 Å². The first-order chi connectivity index (χ1) is 7.88. The van der Waals surface area contributed by atoms with Crippen LogP contribution in [0.4, 0.5) is 0 Å². The molecule has 0 aromatic carbocycles. The molecule has 0 spiro atoms. The highest BCUT2D eigenvalue weighted by molar-refractivity contribution is 5.81. The van der Waals surface area contributed by atoms with Gasteiger partial charge in [-0.15, -0.1) is 0 Å². The van der Waals surface area contributed by atoms with E-state index in [9.17, 15) is 4.79 Å². The largest absolute Gasteiger partial charge is 0.339 e. The molecule has 0 unspecified atom stereocenters. The molecule has 0 saturated heterocycles. The Morgan fingerprint density at radius 1 is 1.47 bits per heavy atom. The van der Waals surface area contributed by atoms with E-state index in [1.54, 1.807) is 11.9 Å². The van der Waals surface area contributed by atoms with Gasteiger partial charge in [0.1, 0.15) is 0 Å². The second kappa shape index (κ2) is 4.13. The molecule has 5 nitrogen and oxygen atoms in total. The molecule has 94 valence electrons. The number of carbonyl (C=O) groups excluding carboxylic acids is 1. The van der Waals surface area contributed by atoms with E-state index in [1.165, 1.54) is 0 Å². The van der Waals surface area contributed by atoms with E-state index >= 15 is 0 Å². The van der Waals surface area contributed by atoms with Crippen molar-refractivity contribution in [2.24, 2.45) is 5.41 Å². The molecule has 1 amide bonds. The van der Waals surface area contributed by atoms with Gasteiger partial charge in [-0.3, -0.25) is 4.79 Å². The number of nitrogens with zero attached hydrogens (tertiary/aromatic N) is 3. The van der Waals surface area contributed by atoms with Crippen molar-refractivity contribution in [3.63, 3.8) is 0 Å². The van der Waals surface area contributed by atoms with E-state index in [2.05, 4.69) is 10.1 Å². The van der Waals surface area contributed by atoms with Crippen LogP contribution in [0.5, 0.6) is 0 Å². The fraction of sp³-hybridized carbons (Fsp3) is 0.750. The summed E-state index contributed by atoms with van der Waals surface area (Å²) in [6, 6.07) is 0. The van der Waals surface area contributed by atoms with Gasteiger partial charge in [0, 0.05) is 18.4 Å². The number of carbonyl (C=O) groups is 1. The van der Waals surface area contributed by atoms with Gasteiger partial charge in [-0.25, -0.2) is 0 Å². The van der Waals surface area contributed by atoms with Crippen molar-refractivity contribution in [1.29, 1.82) is 0 Å². The number of hydrogen-bond acceptors (Lipinski definition) is 4. The Kier molecular flexibility index (Phi) is 2.93. The first-order valence-corrected chi connectivity index (χ1v) is 5.96. The molecule has 17 heavy (non-hydrogen) atoms. The highest BCUT2D eigenvalue weighted by atomic mass is 16.5. The van der Waals surface area contributed by atoms with Gasteiger partial charge in [0.15, 0.2) is 5.82 Å². The summed E-state index contributed by atoms with van der Waals surface area (Å²) < 4.78 is 5.16. The molecule has 0 N–H and O–H groups in total. The van der Waals surface area contributed by atoms with Gasteiger partial charge >= 0.3 is 0 Å². The molecular formula is C12H19N3O2. The molecule has 1 aromatic rings. The van der Waals surface area contributed by atoms with Crippen molar-refractivity contribution in [2.45, 2.75) is 46.1 Å². The fourth-order valence-electron chi connectivity index (χ4n) is 1.68. The van der Waals surface area contributed by atoms with Crippen molar-refractivity contribution >= 4 is 5.91 Å². The van der Waals surface area contributed by atoms with Crippen molar-refractivity contribution in [2.75, 3.05) is 7.05 Å². The molecule has 1 saturated carbocycles. The predicted molar refractivity (Wildman–Crippen MR) is 62.2 cm³/mol. The lowest BCUT2D eigenvalue weighted by atomic mass is 9.95. The average molecular weight is 237 g/mol. The third-order valence-corrected chi connectivity index (χ3v) is 2.78. The molecule has 2 rings (SSSR count). The highest BCUT2D eigenvalue weighted by Gasteiger charge is 2.30. The zero-order valence-corrected chi connectivity index (χ0v) is 10.9. The van der Waals surface area contributed by atoms with Gasteiger partial charge in [0.05, 0.1) is 6.54 Å². The van der Waals surface area contributed by atoms with Crippen molar-refractivity contribution in [3.8, 4) is 0 Å². The monoisotopic (exact) mass is 237 g/mol. The number of aromatic nitrogens is 2. The maximum Gasteiger partial charge on any atom is 0.229 e. The zero-order chi connectivity index (χ0) is 12.6. The molecule has 5 heteroatoms. The molecule has 0 radical (unpaired) electrons. The standard InChI is InChI=1S/C12H19N3O2/c1-12(2,3)11(16)15(4)7-9-13-10(17-14-9)8-5-6-8/h8H,5-7H2,1-4H3. The highest BCUT2D eigenvalue weighted by Crippen LogP contribution is 2.38. The summed E-state index contributed by atoms with van der Waals surface area (Å²) in [5, 5.41) is 3.90. The lowest BCUT2D eigenvalue weighted by Crippen LogP contribution is -2.36. The van der Waals surface area contributed by atoms with Gasteiger partial charge in [-0.05, 0) is 12.8 Å². The molecule has 0 aliphatic heterocycles. The van der Waals surface area contributed by atoms with Crippen molar-refractivity contribution in [1.82, 2.24) is 15.0 Å². The van der Waals surface area contributed by atoms with Crippen LogP contribution in [0.3, 0.4) is 0 Å². The molecular weight excluding hydrogens is 218 g/mol. The minimum atomic E-state index is -0.377. The smallest absolute Gasteiger partial charge is 0.229 e. The Labute approximate surface area is 101 Å². The summed E-state index contributed by atoms with van der Waals surface area (Å²) in [6.45, 7) is 6.11. The molecule has 1 fully saturated rings. The van der Waals surface area contributed by atoms with Crippen LogP contribution in [0, 0.1) is 5.41 Å². The molecule has 0 atom stereocenters. The summed E-state index contributed by atoms with van der Waals surface area (Å²) in [5.74, 6) is 1.85. The lowest BCUT2D eigenvalue weighted by Gasteiger charge is -2.24. The zero-order valence-electron chi connectivity index (χ0n) is 10.9. The summed E-state index contributed by atoms with van der Waals surface area (Å²) in [6.07, 6.45) is 2.27. The molecule has 0 bridgehead atoms. The topological polar surface area (TPSA) is 59.2 Å². The molecule has 1 aromatic heterocycles. The summed E-state index contributed by atoms with van der Waals surface area (Å²) in [5.41, 5.74) is -0.377. The minimum absolute atomic E-state index is 0.0790. The van der Waals surface area contributed by atoms with Crippen molar-refractivity contribution < 1.29 is 9.32 Å². The second-order valence-electron chi connectivity index (χ2n) is 5.73. The van der Waals surface area contributed by atoms with E-state index in [0.717, 1.165) is 18.7 Å². The van der Waals surface area contributed by atoms with Gasteiger partial charge in [0.2, 0.25) is 11.8 Å². The van der Waals surface area contributed by atoms with Crippen LogP contribution < -0.4 is 0 Å². The fourth-order valence-corrected chi connectivity index (χ4v) is 1.68. The van der Waals surface area contributed by atoms with E-state index in [-0.39, 0.29) is 11.3 Å². The van der Waals surface area contributed by atoms with E-state index in [1.807, 2.05) is 20.8 Å². The number of rotatable bonds is 3. The van der Waals surface area contributed by atoms with Crippen LogP contribution >= 0.6 is 0 Å². The van der Waals surface area contributed by atoms with E-state index in [4.69, 9.17) is 4.52 Å². The maximum absolute atomic E-state index is 12.0. The normalized spacial score (nSPS) is 16.0. The summed E-state index contributed by atoms with van der Waals surface area (Å²) in [7, 11) is 1.76. The Morgan fingerprint density at radius 2 is 2.12 bits per heavy atom. The first-order valence-electron chi connectivity index (χ1n) is 5.96. The van der Waals surface area contributed by atoms with Crippen LogP contribution in [-0.2, 0) is 11.3 Å². The van der Waals surface area contributed by atoms with Gasteiger partial charge in [-0.2, -0.15) is 4.98 Å². The SMILES string of the molecule is CN(Cc1noc(C2CC2)n1)C(=O)C(C)(C)C. The van der Waals surface area contributed by atoms with Crippen LogP contribution in [0.15, 0.2) is 4.52 Å². The summed E-state index contributed by atoms with van der Waals surface area (Å²) >= 11 is 0. The Hall–Kier alpha value is -1.39. The van der Waals surface area contributed by atoms with Gasteiger partial charge in [-0.1, -0.05) is 25.9 Å². The van der Waals surface area contributed by atoms with E-state index < -0.39 is 0 Å². The third kappa shape index (κ3) is 2.84. The van der Waals surface area contributed by atoms with Crippen molar-refractivity contribution in [3.05, 3.63) is 11.7 Å². The number of amides is 1. The number of hydrogen-bond donors (Lipinski definition) is 0. The molecule has 1 aliphatic rings. The predicted octanol–water partition coefficient (Wildman–Crippen LogP) is 1.95. The lowest BCUT2D eigenvalue weighted by molar-refractivity contribution is -0.138. The third-order valence-electron chi connectivity index (χ3n) is 2.78. The summed E-state index contributed by atoms with van der Waals surface area (Å²) in [4.78, 5) is 17.9. The Balaban J connectivity index is 1.97. The quantitative estimate of drug-likeness (QED) is 0.806. The first kappa shape index (κ1) is 12.1. The Bertz CT molecular complexity index is 416. The van der Waals surface area contributed by atoms with Crippen LogP contribution in [-0.4, -0.2) is 28.0 Å². The van der Waals surface area contributed by atoms with Crippen LogP contribution in [0.2, 0.25) is 0 Å². The van der Waals surface area contributed by atoms with Gasteiger partial charge < -0.3 is 9.42 Å². The Morgan fingerprint density at radius 3 is 2.65 bits per heavy atom. The maximum atomic E-state index is 12.0. The van der Waals surface area contributed by atoms with Crippen LogP contribution in [0.1, 0.15) is 51.2 Å².